The third-order valence-corrected chi connectivity index (χ3v) is 6.46. The van der Waals surface area contributed by atoms with Gasteiger partial charge in [-0.25, -0.2) is 0 Å². The van der Waals surface area contributed by atoms with Gasteiger partial charge in [0, 0.05) is 12.3 Å². The first-order valence-electron chi connectivity index (χ1n) is 13.1. The summed E-state index contributed by atoms with van der Waals surface area (Å²) < 4.78 is 5.22. The van der Waals surface area contributed by atoms with Crippen molar-refractivity contribution in [2.45, 2.75) is 141 Å². The molecule has 1 rings (SSSR count). The van der Waals surface area contributed by atoms with E-state index in [1.54, 1.807) is 0 Å². The molecule has 0 aromatic rings. The van der Waals surface area contributed by atoms with Gasteiger partial charge in [0.25, 0.3) is 0 Å². The van der Waals surface area contributed by atoms with Crippen LogP contribution in [-0.2, 0) is 9.53 Å². The summed E-state index contributed by atoms with van der Waals surface area (Å²) in [5.41, 5.74) is 0. The van der Waals surface area contributed by atoms with E-state index in [9.17, 15) is 4.79 Å². The van der Waals surface area contributed by atoms with Crippen LogP contribution in [0.4, 0.5) is 0 Å². The van der Waals surface area contributed by atoms with Crippen LogP contribution in [0.1, 0.15) is 141 Å². The highest BCUT2D eigenvalue weighted by Gasteiger charge is 2.16. The van der Waals surface area contributed by atoms with E-state index in [4.69, 9.17) is 9.84 Å². The largest absolute Gasteiger partial charge is 0.481 e. The monoisotopic (exact) mass is 410 g/mol. The maximum absolute atomic E-state index is 10.4. The van der Waals surface area contributed by atoms with E-state index >= 15 is 0 Å². The molecular weight excluding hydrogens is 360 g/mol. The molecule has 1 aliphatic heterocycles. The standard InChI is InChI=1S/C26H50O3/c27-26(28)22-20-18-16-14-12-10-8-6-4-2-1-3-5-7-9-11-13-15-17-19-21-25-23-29-24-25/h25H,1-24H2,(H,27,28). The molecule has 0 aliphatic carbocycles. The molecule has 3 nitrogen and oxygen atoms in total. The summed E-state index contributed by atoms with van der Waals surface area (Å²) in [6, 6.07) is 0. The molecule has 0 atom stereocenters. The highest BCUT2D eigenvalue weighted by Crippen LogP contribution is 2.19. The smallest absolute Gasteiger partial charge is 0.303 e. The summed E-state index contributed by atoms with van der Waals surface area (Å²) in [5.74, 6) is 0.241. The minimum atomic E-state index is -0.651. The second-order valence-electron chi connectivity index (χ2n) is 9.41. The van der Waals surface area contributed by atoms with Gasteiger partial charge >= 0.3 is 5.97 Å². The van der Waals surface area contributed by atoms with Crippen molar-refractivity contribution < 1.29 is 14.6 Å². The van der Waals surface area contributed by atoms with Crippen LogP contribution in [0.15, 0.2) is 0 Å². The molecule has 1 heterocycles. The van der Waals surface area contributed by atoms with Crippen LogP contribution in [0, 0.1) is 5.92 Å². The molecule has 0 aromatic carbocycles. The zero-order valence-corrected chi connectivity index (χ0v) is 19.3. The lowest BCUT2D eigenvalue weighted by Gasteiger charge is -2.25. The predicted molar refractivity (Wildman–Crippen MR) is 124 cm³/mol. The molecule has 3 heteroatoms. The summed E-state index contributed by atoms with van der Waals surface area (Å²) in [6.07, 6.45) is 29.0. The highest BCUT2D eigenvalue weighted by atomic mass is 16.5. The Kier molecular flexibility index (Phi) is 18.9. The van der Waals surface area contributed by atoms with E-state index < -0.39 is 5.97 Å². The Labute approximate surface area is 181 Å². The lowest BCUT2D eigenvalue weighted by Crippen LogP contribution is -2.27. The van der Waals surface area contributed by atoms with Crippen LogP contribution in [0.5, 0.6) is 0 Å². The molecule has 1 saturated heterocycles. The van der Waals surface area contributed by atoms with Crippen molar-refractivity contribution in [3.63, 3.8) is 0 Å². The average molecular weight is 411 g/mol. The fourth-order valence-corrected chi connectivity index (χ4v) is 4.34. The van der Waals surface area contributed by atoms with Crippen molar-refractivity contribution >= 4 is 5.97 Å². The van der Waals surface area contributed by atoms with E-state index in [1.807, 2.05) is 0 Å². The van der Waals surface area contributed by atoms with Gasteiger partial charge in [0.1, 0.15) is 0 Å². The number of hydrogen-bond acceptors (Lipinski definition) is 2. The van der Waals surface area contributed by atoms with Gasteiger partial charge in [-0.1, -0.05) is 122 Å². The van der Waals surface area contributed by atoms with E-state index in [2.05, 4.69) is 0 Å². The maximum atomic E-state index is 10.4. The van der Waals surface area contributed by atoms with Crippen molar-refractivity contribution in [3.8, 4) is 0 Å². The molecule has 0 saturated carbocycles. The van der Waals surface area contributed by atoms with Gasteiger partial charge in [-0.2, -0.15) is 0 Å². The van der Waals surface area contributed by atoms with E-state index in [0.717, 1.165) is 32.0 Å². The Balaban J connectivity index is 1.61. The molecular formula is C26H50O3. The zero-order valence-electron chi connectivity index (χ0n) is 19.3. The van der Waals surface area contributed by atoms with Gasteiger partial charge < -0.3 is 9.84 Å². The maximum Gasteiger partial charge on any atom is 0.303 e. The number of carbonyl (C=O) groups is 1. The molecule has 0 amide bonds. The Bertz CT molecular complexity index is 352. The Morgan fingerprint density at radius 3 is 1.14 bits per heavy atom. The second-order valence-corrected chi connectivity index (χ2v) is 9.41. The Hall–Kier alpha value is -0.570. The number of carboxylic acids is 1. The number of unbranched alkanes of at least 4 members (excludes halogenated alkanes) is 19. The molecule has 172 valence electrons. The van der Waals surface area contributed by atoms with Gasteiger partial charge in [0.05, 0.1) is 13.2 Å². The topological polar surface area (TPSA) is 46.5 Å². The first-order chi connectivity index (χ1) is 14.3. The lowest BCUT2D eigenvalue weighted by atomic mass is 9.98. The van der Waals surface area contributed by atoms with Crippen molar-refractivity contribution in [1.29, 1.82) is 0 Å². The van der Waals surface area contributed by atoms with Crippen LogP contribution in [-0.4, -0.2) is 24.3 Å². The fourth-order valence-electron chi connectivity index (χ4n) is 4.34. The number of ether oxygens (including phenoxy) is 1. The minimum Gasteiger partial charge on any atom is -0.481 e. The lowest BCUT2D eigenvalue weighted by molar-refractivity contribution is -0.137. The van der Waals surface area contributed by atoms with E-state index in [0.29, 0.717) is 6.42 Å². The third kappa shape index (κ3) is 19.2. The van der Waals surface area contributed by atoms with Gasteiger partial charge in [-0.3, -0.25) is 4.79 Å². The zero-order chi connectivity index (χ0) is 20.8. The molecule has 29 heavy (non-hydrogen) atoms. The number of hydrogen-bond donors (Lipinski definition) is 1. The SMILES string of the molecule is O=C(O)CCCCCCCCCCCCCCCCCCCCCCC1COC1. The van der Waals surface area contributed by atoms with Crippen LogP contribution in [0.2, 0.25) is 0 Å². The molecule has 1 aliphatic rings. The van der Waals surface area contributed by atoms with E-state index in [1.165, 1.54) is 122 Å². The normalized spacial score (nSPS) is 14.2. The van der Waals surface area contributed by atoms with Crippen LogP contribution in [0.3, 0.4) is 0 Å². The second kappa shape index (κ2) is 20.7. The van der Waals surface area contributed by atoms with Crippen molar-refractivity contribution in [2.24, 2.45) is 5.92 Å². The highest BCUT2D eigenvalue weighted by molar-refractivity contribution is 5.66. The van der Waals surface area contributed by atoms with Crippen LogP contribution in [0.25, 0.3) is 0 Å². The number of carboxylic acid groups (broad SMARTS) is 1. The summed E-state index contributed by atoms with van der Waals surface area (Å²) in [4.78, 5) is 10.4. The minimum absolute atomic E-state index is 0.344. The summed E-state index contributed by atoms with van der Waals surface area (Å²) in [5, 5.41) is 8.59. The van der Waals surface area contributed by atoms with Crippen LogP contribution < -0.4 is 0 Å². The first-order valence-corrected chi connectivity index (χ1v) is 13.1. The molecule has 0 radical (unpaired) electrons. The van der Waals surface area contributed by atoms with Crippen molar-refractivity contribution in [2.75, 3.05) is 13.2 Å². The summed E-state index contributed by atoms with van der Waals surface area (Å²) >= 11 is 0. The Morgan fingerprint density at radius 2 is 0.862 bits per heavy atom. The Morgan fingerprint density at radius 1 is 0.552 bits per heavy atom. The fraction of sp³-hybridized carbons (Fsp3) is 0.962. The van der Waals surface area contributed by atoms with Gasteiger partial charge in [-0.05, 0) is 12.8 Å². The van der Waals surface area contributed by atoms with Gasteiger partial charge in [0.2, 0.25) is 0 Å². The van der Waals surface area contributed by atoms with Gasteiger partial charge in [0.15, 0.2) is 0 Å². The molecule has 1 fully saturated rings. The summed E-state index contributed by atoms with van der Waals surface area (Å²) in [7, 11) is 0. The van der Waals surface area contributed by atoms with Crippen molar-refractivity contribution in [1.82, 2.24) is 0 Å². The predicted octanol–water partition coefficient (Wildman–Crippen LogP) is 8.30. The van der Waals surface area contributed by atoms with Crippen molar-refractivity contribution in [3.05, 3.63) is 0 Å². The molecule has 0 aromatic heterocycles. The molecule has 0 spiro atoms. The van der Waals surface area contributed by atoms with Crippen LogP contribution >= 0.6 is 0 Å². The molecule has 0 bridgehead atoms. The quantitative estimate of drug-likeness (QED) is 0.172. The van der Waals surface area contributed by atoms with Gasteiger partial charge in [-0.15, -0.1) is 0 Å². The number of rotatable bonds is 23. The number of aliphatic carboxylic acids is 1. The molecule has 1 N–H and O–H groups in total. The average Bonchev–Trinajstić information content (AvgIpc) is 2.67. The van der Waals surface area contributed by atoms with E-state index in [-0.39, 0.29) is 0 Å². The third-order valence-electron chi connectivity index (χ3n) is 6.46. The first kappa shape index (κ1) is 26.5. The summed E-state index contributed by atoms with van der Waals surface area (Å²) in [6.45, 7) is 2.05. The molecule has 0 unspecified atom stereocenters.